The van der Waals surface area contributed by atoms with Gasteiger partial charge in [0.25, 0.3) is 5.91 Å². The molecule has 1 aromatic heterocycles. The molecule has 0 bridgehead atoms. The van der Waals surface area contributed by atoms with Gasteiger partial charge in [-0.15, -0.1) is 0 Å². The molecular formula is C29H28N4O5. The van der Waals surface area contributed by atoms with E-state index in [2.05, 4.69) is 21.1 Å². The summed E-state index contributed by atoms with van der Waals surface area (Å²) in [7, 11) is 0. The predicted molar refractivity (Wildman–Crippen MR) is 145 cm³/mol. The summed E-state index contributed by atoms with van der Waals surface area (Å²) in [6, 6.07) is 23.7. The number of nitrogens with zero attached hydrogens (tertiary/aromatic N) is 1. The van der Waals surface area contributed by atoms with Gasteiger partial charge in [0.2, 0.25) is 5.76 Å². The minimum absolute atomic E-state index is 0.0668. The molecule has 4 rings (SSSR count). The molecule has 0 radical (unpaired) electrons. The highest BCUT2D eigenvalue weighted by Crippen LogP contribution is 2.35. The molecule has 0 aliphatic heterocycles. The number of hydrogen-bond donors (Lipinski definition) is 4. The topological polar surface area (TPSA) is 134 Å². The van der Waals surface area contributed by atoms with Crippen molar-refractivity contribution in [2.75, 3.05) is 10.6 Å². The monoisotopic (exact) mass is 512 g/mol. The van der Waals surface area contributed by atoms with Crippen molar-refractivity contribution in [1.82, 2.24) is 10.5 Å². The number of carboxylic acid groups (broad SMARTS) is 1. The third-order valence-electron chi connectivity index (χ3n) is 5.72. The Morgan fingerprint density at radius 3 is 1.97 bits per heavy atom. The average molecular weight is 513 g/mol. The molecule has 4 N–H and O–H groups in total. The van der Waals surface area contributed by atoms with Crippen LogP contribution >= 0.6 is 0 Å². The van der Waals surface area contributed by atoms with Gasteiger partial charge in [0.15, 0.2) is 0 Å². The van der Waals surface area contributed by atoms with E-state index < -0.39 is 17.9 Å². The van der Waals surface area contributed by atoms with Gasteiger partial charge in [-0.1, -0.05) is 79.7 Å². The van der Waals surface area contributed by atoms with Crippen LogP contribution < -0.4 is 16.0 Å². The van der Waals surface area contributed by atoms with E-state index in [4.69, 9.17) is 4.52 Å². The third-order valence-corrected chi connectivity index (χ3v) is 5.72. The quantitative estimate of drug-likeness (QED) is 0.221. The van der Waals surface area contributed by atoms with Crippen LogP contribution in [0.5, 0.6) is 0 Å². The lowest BCUT2D eigenvalue weighted by Gasteiger charge is -2.16. The summed E-state index contributed by atoms with van der Waals surface area (Å²) in [6.45, 7) is 3.77. The molecule has 0 fully saturated rings. The van der Waals surface area contributed by atoms with Crippen LogP contribution in [0.1, 0.15) is 30.8 Å². The summed E-state index contributed by atoms with van der Waals surface area (Å²) in [5.74, 6) is -1.79. The van der Waals surface area contributed by atoms with Crippen molar-refractivity contribution in [3.05, 3.63) is 90.7 Å². The standard InChI is InChI=1S/C29H28N4O5/c1-18(2)17-23(28(35)36)32-27(34)26-24(19-9-5-3-6-10-19)25(33-38-26)20-13-15-22(16-14-20)31-29(37)30-21-11-7-4-8-12-21/h3-16,18,23H,17H2,1-2H3,(H,32,34)(H,35,36)(H2,30,31,37)/t23-/m0/s1. The van der Waals surface area contributed by atoms with Gasteiger partial charge in [0.1, 0.15) is 11.7 Å². The Balaban J connectivity index is 1.59. The van der Waals surface area contributed by atoms with E-state index in [1.165, 1.54) is 0 Å². The molecule has 0 saturated carbocycles. The number of amides is 3. The van der Waals surface area contributed by atoms with E-state index in [1.807, 2.05) is 62.4 Å². The fraction of sp³-hybridized carbons (Fsp3) is 0.172. The normalized spacial score (nSPS) is 11.6. The summed E-state index contributed by atoms with van der Waals surface area (Å²) in [4.78, 5) is 37.2. The van der Waals surface area contributed by atoms with Crippen molar-refractivity contribution in [3.8, 4) is 22.4 Å². The van der Waals surface area contributed by atoms with Gasteiger partial charge in [-0.05, 0) is 42.2 Å². The Bertz CT molecular complexity index is 1400. The summed E-state index contributed by atoms with van der Waals surface area (Å²) in [5.41, 5.74) is 3.42. The van der Waals surface area contributed by atoms with Gasteiger partial charge in [0.05, 0.1) is 5.56 Å². The maximum absolute atomic E-state index is 13.1. The highest BCUT2D eigenvalue weighted by Gasteiger charge is 2.28. The third kappa shape index (κ3) is 6.44. The lowest BCUT2D eigenvalue weighted by atomic mass is 9.98. The zero-order chi connectivity index (χ0) is 27.1. The van der Waals surface area contributed by atoms with Crippen LogP contribution in [0.15, 0.2) is 89.5 Å². The second kappa shape index (κ2) is 11.9. The highest BCUT2D eigenvalue weighted by molar-refractivity contribution is 6.03. The molecule has 0 saturated heterocycles. The molecule has 0 unspecified atom stereocenters. The van der Waals surface area contributed by atoms with E-state index >= 15 is 0 Å². The van der Waals surface area contributed by atoms with Crippen molar-refractivity contribution in [3.63, 3.8) is 0 Å². The molecule has 9 heteroatoms. The second-order valence-corrected chi connectivity index (χ2v) is 9.12. The number of benzene rings is 3. The molecule has 3 aromatic carbocycles. The van der Waals surface area contributed by atoms with Gasteiger partial charge in [-0.3, -0.25) is 4.79 Å². The Morgan fingerprint density at radius 2 is 1.39 bits per heavy atom. The van der Waals surface area contributed by atoms with Crippen molar-refractivity contribution in [2.45, 2.75) is 26.3 Å². The molecule has 4 aromatic rings. The molecule has 194 valence electrons. The van der Waals surface area contributed by atoms with E-state index in [0.29, 0.717) is 33.8 Å². The van der Waals surface area contributed by atoms with Crippen LogP contribution in [-0.4, -0.2) is 34.2 Å². The Labute approximate surface area is 219 Å². The van der Waals surface area contributed by atoms with Crippen molar-refractivity contribution in [2.24, 2.45) is 5.92 Å². The van der Waals surface area contributed by atoms with E-state index in [9.17, 15) is 19.5 Å². The zero-order valence-corrected chi connectivity index (χ0v) is 21.0. The largest absolute Gasteiger partial charge is 0.480 e. The minimum Gasteiger partial charge on any atom is -0.480 e. The van der Waals surface area contributed by atoms with E-state index in [-0.39, 0.29) is 24.1 Å². The zero-order valence-electron chi connectivity index (χ0n) is 21.0. The van der Waals surface area contributed by atoms with Crippen LogP contribution in [0.2, 0.25) is 0 Å². The number of aliphatic carboxylic acids is 1. The first-order chi connectivity index (χ1) is 18.3. The number of para-hydroxylation sites is 1. The number of rotatable bonds is 9. The van der Waals surface area contributed by atoms with Crippen LogP contribution in [-0.2, 0) is 4.79 Å². The molecule has 1 atom stereocenters. The number of urea groups is 1. The van der Waals surface area contributed by atoms with Crippen LogP contribution in [0.25, 0.3) is 22.4 Å². The van der Waals surface area contributed by atoms with Crippen molar-refractivity contribution in [1.29, 1.82) is 0 Å². The van der Waals surface area contributed by atoms with E-state index in [0.717, 1.165) is 0 Å². The van der Waals surface area contributed by atoms with Crippen LogP contribution in [0.3, 0.4) is 0 Å². The first kappa shape index (κ1) is 26.2. The second-order valence-electron chi connectivity index (χ2n) is 9.12. The minimum atomic E-state index is -1.12. The van der Waals surface area contributed by atoms with Crippen LogP contribution in [0.4, 0.5) is 16.2 Å². The fourth-order valence-corrected chi connectivity index (χ4v) is 3.96. The predicted octanol–water partition coefficient (Wildman–Crippen LogP) is 5.88. The summed E-state index contributed by atoms with van der Waals surface area (Å²) < 4.78 is 5.48. The first-order valence-electron chi connectivity index (χ1n) is 12.1. The molecule has 0 spiro atoms. The molecule has 1 heterocycles. The maximum Gasteiger partial charge on any atom is 0.326 e. The summed E-state index contributed by atoms with van der Waals surface area (Å²) >= 11 is 0. The smallest absolute Gasteiger partial charge is 0.326 e. The average Bonchev–Trinajstić information content (AvgIpc) is 3.35. The molecular weight excluding hydrogens is 484 g/mol. The van der Waals surface area contributed by atoms with Gasteiger partial charge in [-0.25, -0.2) is 9.59 Å². The fourth-order valence-electron chi connectivity index (χ4n) is 3.96. The number of carboxylic acids is 1. The number of carbonyl (C=O) groups is 3. The number of carbonyl (C=O) groups excluding carboxylic acids is 2. The van der Waals surface area contributed by atoms with Gasteiger partial charge in [0, 0.05) is 16.9 Å². The molecule has 0 aliphatic carbocycles. The Morgan fingerprint density at radius 1 is 0.816 bits per heavy atom. The number of anilines is 2. The molecule has 38 heavy (non-hydrogen) atoms. The maximum atomic E-state index is 13.1. The number of aromatic nitrogens is 1. The molecule has 9 nitrogen and oxygen atoms in total. The number of nitrogens with one attached hydrogen (secondary N) is 3. The SMILES string of the molecule is CC(C)C[C@H](NC(=O)c1onc(-c2ccc(NC(=O)Nc3ccccc3)cc2)c1-c1ccccc1)C(=O)O. The van der Waals surface area contributed by atoms with E-state index in [1.54, 1.807) is 36.4 Å². The lowest BCUT2D eigenvalue weighted by Crippen LogP contribution is -2.41. The lowest BCUT2D eigenvalue weighted by molar-refractivity contribution is -0.139. The highest BCUT2D eigenvalue weighted by atomic mass is 16.5. The van der Waals surface area contributed by atoms with Crippen molar-refractivity contribution >= 4 is 29.3 Å². The van der Waals surface area contributed by atoms with Crippen molar-refractivity contribution < 1.29 is 24.0 Å². The summed E-state index contributed by atoms with van der Waals surface area (Å²) in [6.07, 6.45) is 0.273. The van der Waals surface area contributed by atoms with Crippen LogP contribution in [0, 0.1) is 5.92 Å². The Hall–Kier alpha value is -4.92. The molecule has 0 aliphatic rings. The Kier molecular flexibility index (Phi) is 8.17. The molecule has 3 amide bonds. The van der Waals surface area contributed by atoms with Gasteiger partial charge >= 0.3 is 12.0 Å². The summed E-state index contributed by atoms with van der Waals surface area (Å²) in [5, 5.41) is 21.8. The first-order valence-corrected chi connectivity index (χ1v) is 12.1. The van der Waals surface area contributed by atoms with Gasteiger partial charge in [-0.2, -0.15) is 0 Å². The van der Waals surface area contributed by atoms with Gasteiger partial charge < -0.3 is 25.6 Å². The number of hydrogen-bond acceptors (Lipinski definition) is 5.